The molecule has 1 aromatic heterocycles. The van der Waals surface area contributed by atoms with Gasteiger partial charge >= 0.3 is 6.36 Å². The Morgan fingerprint density at radius 3 is 2.55 bits per heavy atom. The molecule has 1 aromatic carbocycles. The van der Waals surface area contributed by atoms with Crippen LogP contribution in [0.5, 0.6) is 5.75 Å². The highest BCUT2D eigenvalue weighted by Gasteiger charge is 2.31. The largest absolute Gasteiger partial charge is 0.573 e. The van der Waals surface area contributed by atoms with Gasteiger partial charge in [-0.2, -0.15) is 0 Å². The number of alkyl halides is 3. The molecule has 2 aromatic rings. The Hall–Kier alpha value is -3.04. The molecule has 0 spiro atoms. The molecule has 3 rings (SSSR count). The van der Waals surface area contributed by atoms with Crippen molar-refractivity contribution in [1.82, 2.24) is 14.9 Å². The Morgan fingerprint density at radius 2 is 1.90 bits per heavy atom. The Bertz CT molecular complexity index is 867. The fourth-order valence-electron chi connectivity index (χ4n) is 3.13. The average molecular weight is 409 g/mol. The molecule has 1 amide bonds. The number of ether oxygens (including phenoxy) is 1. The van der Waals surface area contributed by atoms with Crippen LogP contribution in [0.25, 0.3) is 0 Å². The molecule has 0 bridgehead atoms. The highest BCUT2D eigenvalue weighted by atomic mass is 19.4. The van der Waals surface area contributed by atoms with Gasteiger partial charge in [0.1, 0.15) is 23.2 Å². The van der Waals surface area contributed by atoms with Crippen LogP contribution in [0, 0.1) is 6.92 Å². The SMILES string of the molecule is CCNc1cc(N2CCN(C(=O)c3cccc(OC(F)(F)F)c3)CC2)nc(C)n1. The number of anilines is 2. The molecule has 0 unspecified atom stereocenters. The monoisotopic (exact) mass is 409 g/mol. The second-order valence-corrected chi connectivity index (χ2v) is 6.54. The molecule has 0 atom stereocenters. The van der Waals surface area contributed by atoms with Gasteiger partial charge in [0, 0.05) is 44.4 Å². The molecule has 10 heteroatoms. The van der Waals surface area contributed by atoms with Gasteiger partial charge in [0.25, 0.3) is 5.91 Å². The van der Waals surface area contributed by atoms with Gasteiger partial charge in [-0.25, -0.2) is 9.97 Å². The topological polar surface area (TPSA) is 70.6 Å². The van der Waals surface area contributed by atoms with Crippen molar-refractivity contribution in [2.24, 2.45) is 0 Å². The van der Waals surface area contributed by atoms with Gasteiger partial charge in [-0.1, -0.05) is 6.07 Å². The number of rotatable bonds is 5. The summed E-state index contributed by atoms with van der Waals surface area (Å²) < 4.78 is 41.1. The first-order valence-electron chi connectivity index (χ1n) is 9.25. The quantitative estimate of drug-likeness (QED) is 0.819. The van der Waals surface area contributed by atoms with Gasteiger partial charge < -0.3 is 19.9 Å². The van der Waals surface area contributed by atoms with E-state index in [-0.39, 0.29) is 11.5 Å². The second kappa shape index (κ2) is 8.54. The minimum absolute atomic E-state index is 0.160. The molecule has 1 aliphatic rings. The van der Waals surface area contributed by atoms with E-state index < -0.39 is 12.1 Å². The molecule has 156 valence electrons. The van der Waals surface area contributed by atoms with Gasteiger partial charge in [0.05, 0.1) is 0 Å². The molecule has 1 fully saturated rings. The summed E-state index contributed by atoms with van der Waals surface area (Å²) in [6.45, 7) is 6.54. The fraction of sp³-hybridized carbons (Fsp3) is 0.421. The lowest BCUT2D eigenvalue weighted by Crippen LogP contribution is -2.49. The number of carbonyl (C=O) groups is 1. The third-order valence-electron chi connectivity index (χ3n) is 4.39. The van der Waals surface area contributed by atoms with Crippen LogP contribution in [0.15, 0.2) is 30.3 Å². The zero-order valence-corrected chi connectivity index (χ0v) is 16.2. The fourth-order valence-corrected chi connectivity index (χ4v) is 3.13. The summed E-state index contributed by atoms with van der Waals surface area (Å²) in [5, 5.41) is 3.16. The molecule has 7 nitrogen and oxygen atoms in total. The maximum absolute atomic E-state index is 12.7. The van der Waals surface area contributed by atoms with Crippen molar-refractivity contribution < 1.29 is 22.7 Å². The zero-order chi connectivity index (χ0) is 21.0. The summed E-state index contributed by atoms with van der Waals surface area (Å²) in [7, 11) is 0. The first-order valence-corrected chi connectivity index (χ1v) is 9.25. The third-order valence-corrected chi connectivity index (χ3v) is 4.39. The third kappa shape index (κ3) is 5.49. The van der Waals surface area contributed by atoms with Crippen molar-refractivity contribution in [1.29, 1.82) is 0 Å². The molecular formula is C19H22F3N5O2. The van der Waals surface area contributed by atoms with Crippen LogP contribution in [0.4, 0.5) is 24.8 Å². The molecule has 0 radical (unpaired) electrons. The van der Waals surface area contributed by atoms with E-state index in [1.165, 1.54) is 18.2 Å². The molecule has 29 heavy (non-hydrogen) atoms. The molecule has 1 saturated heterocycles. The average Bonchev–Trinajstić information content (AvgIpc) is 2.66. The number of benzene rings is 1. The lowest BCUT2D eigenvalue weighted by molar-refractivity contribution is -0.274. The standard InChI is InChI=1S/C19H22F3N5O2/c1-3-23-16-12-17(25-13(2)24-16)26-7-9-27(10-8-26)18(28)14-5-4-6-15(11-14)29-19(20,21)22/h4-6,11-12H,3,7-10H2,1-2H3,(H,23,24,25). The number of aromatic nitrogens is 2. The van der Waals surface area contributed by atoms with E-state index in [9.17, 15) is 18.0 Å². The molecule has 0 aliphatic carbocycles. The van der Waals surface area contributed by atoms with E-state index in [0.717, 1.165) is 24.2 Å². The smallest absolute Gasteiger partial charge is 0.406 e. The van der Waals surface area contributed by atoms with Gasteiger partial charge in [-0.15, -0.1) is 13.2 Å². The van der Waals surface area contributed by atoms with Crippen molar-refractivity contribution in [3.05, 3.63) is 41.7 Å². The van der Waals surface area contributed by atoms with E-state index in [2.05, 4.69) is 24.9 Å². The predicted molar refractivity (Wildman–Crippen MR) is 102 cm³/mol. The van der Waals surface area contributed by atoms with Crippen LogP contribution in [0.3, 0.4) is 0 Å². The Balaban J connectivity index is 1.65. The minimum Gasteiger partial charge on any atom is -0.406 e. The molecule has 1 aliphatic heterocycles. The predicted octanol–water partition coefficient (Wildman–Crippen LogP) is 3.08. The normalized spacial score (nSPS) is 14.7. The van der Waals surface area contributed by atoms with Crippen molar-refractivity contribution in [3.63, 3.8) is 0 Å². The summed E-state index contributed by atoms with van der Waals surface area (Å²) in [5.41, 5.74) is 0.160. The van der Waals surface area contributed by atoms with Crippen molar-refractivity contribution >= 4 is 17.5 Å². The number of hydrogen-bond acceptors (Lipinski definition) is 6. The second-order valence-electron chi connectivity index (χ2n) is 6.54. The summed E-state index contributed by atoms with van der Waals surface area (Å²) in [5.74, 6) is 1.44. The van der Waals surface area contributed by atoms with Crippen LogP contribution in [-0.2, 0) is 0 Å². The highest BCUT2D eigenvalue weighted by Crippen LogP contribution is 2.24. The Labute approximate surface area is 166 Å². The summed E-state index contributed by atoms with van der Waals surface area (Å²) >= 11 is 0. The summed E-state index contributed by atoms with van der Waals surface area (Å²) in [6, 6.07) is 7.00. The van der Waals surface area contributed by atoms with Crippen LogP contribution in [-0.4, -0.2) is 59.9 Å². The number of nitrogens with one attached hydrogen (secondary N) is 1. The van der Waals surface area contributed by atoms with E-state index >= 15 is 0 Å². The van der Waals surface area contributed by atoms with Gasteiger partial charge in [0.15, 0.2) is 0 Å². The van der Waals surface area contributed by atoms with E-state index in [4.69, 9.17) is 0 Å². The lowest BCUT2D eigenvalue weighted by Gasteiger charge is -2.35. The van der Waals surface area contributed by atoms with Crippen LogP contribution >= 0.6 is 0 Å². The zero-order valence-electron chi connectivity index (χ0n) is 16.2. The Morgan fingerprint density at radius 1 is 1.17 bits per heavy atom. The minimum atomic E-state index is -4.80. The maximum atomic E-state index is 12.7. The number of halogens is 3. The van der Waals surface area contributed by atoms with Crippen LogP contribution in [0.2, 0.25) is 0 Å². The first kappa shape index (κ1) is 20.7. The van der Waals surface area contributed by atoms with Gasteiger partial charge in [0.2, 0.25) is 0 Å². The van der Waals surface area contributed by atoms with Gasteiger partial charge in [-0.05, 0) is 32.0 Å². The molecule has 0 saturated carbocycles. The number of piperazine rings is 1. The Kier molecular flexibility index (Phi) is 6.09. The van der Waals surface area contributed by atoms with Gasteiger partial charge in [-0.3, -0.25) is 4.79 Å². The molecule has 2 heterocycles. The molecular weight excluding hydrogens is 387 g/mol. The maximum Gasteiger partial charge on any atom is 0.573 e. The first-order chi connectivity index (χ1) is 13.7. The number of hydrogen-bond donors (Lipinski definition) is 1. The van der Waals surface area contributed by atoms with Crippen LogP contribution in [0.1, 0.15) is 23.1 Å². The highest BCUT2D eigenvalue weighted by molar-refractivity contribution is 5.94. The van der Waals surface area contributed by atoms with E-state index in [0.29, 0.717) is 32.0 Å². The number of aryl methyl sites for hydroxylation is 1. The summed E-state index contributed by atoms with van der Waals surface area (Å²) in [6.07, 6.45) is -4.80. The number of nitrogens with zero attached hydrogens (tertiary/aromatic N) is 4. The number of carbonyl (C=O) groups excluding carboxylic acids is 1. The van der Waals surface area contributed by atoms with Crippen molar-refractivity contribution in [3.8, 4) is 5.75 Å². The summed E-state index contributed by atoms with van der Waals surface area (Å²) in [4.78, 5) is 25.2. The van der Waals surface area contributed by atoms with Crippen LogP contribution < -0.4 is 15.0 Å². The van der Waals surface area contributed by atoms with Crippen molar-refractivity contribution in [2.45, 2.75) is 20.2 Å². The van der Waals surface area contributed by atoms with Crippen molar-refractivity contribution in [2.75, 3.05) is 42.9 Å². The van der Waals surface area contributed by atoms with E-state index in [1.54, 1.807) is 4.90 Å². The lowest BCUT2D eigenvalue weighted by atomic mass is 10.1. The molecule has 1 N–H and O–H groups in total. The van der Waals surface area contributed by atoms with E-state index in [1.807, 2.05) is 19.9 Å². The number of amides is 1.